The summed E-state index contributed by atoms with van der Waals surface area (Å²) in [7, 11) is 0. The van der Waals surface area contributed by atoms with Crippen molar-refractivity contribution in [2.75, 3.05) is 0 Å². The predicted molar refractivity (Wildman–Crippen MR) is 66.5 cm³/mol. The molecule has 4 heteroatoms. The van der Waals surface area contributed by atoms with Crippen LogP contribution in [0, 0.1) is 47.4 Å². The Labute approximate surface area is 104 Å². The van der Waals surface area contributed by atoms with E-state index in [0.717, 1.165) is 0 Å². The normalized spacial score (nSPS) is 7.33. The number of hydrogen-bond acceptors (Lipinski definition) is 2. The second-order valence-corrected chi connectivity index (χ2v) is 2.88. The highest BCUT2D eigenvalue weighted by Crippen LogP contribution is 1.82. The van der Waals surface area contributed by atoms with Crippen molar-refractivity contribution >= 4 is 0 Å². The van der Waals surface area contributed by atoms with Gasteiger partial charge < -0.3 is 9.97 Å². The lowest BCUT2D eigenvalue weighted by Crippen LogP contribution is -1.73. The molecule has 0 aliphatic carbocycles. The van der Waals surface area contributed by atoms with E-state index >= 15 is 0 Å². The Hall–Kier alpha value is -3.34. The minimum absolute atomic E-state index is 0.579. The lowest BCUT2D eigenvalue weighted by Gasteiger charge is -1.71. The first-order valence-corrected chi connectivity index (χ1v) is 4.96. The van der Waals surface area contributed by atoms with Gasteiger partial charge in [-0.3, -0.25) is 0 Å². The standard InChI is InChI=1S/C14H6N4/c1(3-5-7-13-15-9-10-16-13)2-4-6-8-14-17-11-12-18-14/h9-12H,(H,15,16)(H,17,18). The minimum Gasteiger partial charge on any atom is -0.338 e. The molecular weight excluding hydrogens is 224 g/mol. The van der Waals surface area contributed by atoms with Crippen molar-refractivity contribution in [2.24, 2.45) is 0 Å². The van der Waals surface area contributed by atoms with Gasteiger partial charge in [-0.05, 0) is 47.4 Å². The van der Waals surface area contributed by atoms with Crippen LogP contribution in [0.5, 0.6) is 0 Å². The summed E-state index contributed by atoms with van der Waals surface area (Å²) in [6.07, 6.45) is 6.64. The van der Waals surface area contributed by atoms with Crippen LogP contribution in [0.25, 0.3) is 0 Å². The van der Waals surface area contributed by atoms with Gasteiger partial charge in [0.05, 0.1) is 0 Å². The number of aromatic amines is 2. The molecule has 0 saturated heterocycles. The molecule has 18 heavy (non-hydrogen) atoms. The van der Waals surface area contributed by atoms with Crippen molar-refractivity contribution in [2.45, 2.75) is 0 Å². The number of aromatic nitrogens is 4. The first-order valence-electron chi connectivity index (χ1n) is 4.96. The van der Waals surface area contributed by atoms with E-state index in [2.05, 4.69) is 67.3 Å². The molecule has 2 aromatic rings. The molecule has 0 spiro atoms. The molecule has 2 aromatic heterocycles. The summed E-state index contributed by atoms with van der Waals surface area (Å²) in [5.41, 5.74) is 0. The monoisotopic (exact) mass is 230 g/mol. The molecule has 0 radical (unpaired) electrons. The van der Waals surface area contributed by atoms with Gasteiger partial charge in [0.1, 0.15) is 0 Å². The Kier molecular flexibility index (Phi) is 3.90. The third-order valence-electron chi connectivity index (χ3n) is 1.67. The molecule has 0 bridgehead atoms. The Morgan fingerprint density at radius 1 is 0.667 bits per heavy atom. The van der Waals surface area contributed by atoms with Gasteiger partial charge in [-0.2, -0.15) is 0 Å². The zero-order valence-electron chi connectivity index (χ0n) is 9.20. The van der Waals surface area contributed by atoms with Crippen molar-refractivity contribution in [3.05, 3.63) is 36.4 Å². The second kappa shape index (κ2) is 6.29. The van der Waals surface area contributed by atoms with E-state index in [-0.39, 0.29) is 0 Å². The molecule has 0 fully saturated rings. The van der Waals surface area contributed by atoms with Crippen molar-refractivity contribution in [3.8, 4) is 47.4 Å². The molecule has 0 unspecified atom stereocenters. The topological polar surface area (TPSA) is 57.4 Å². The molecule has 4 nitrogen and oxygen atoms in total. The first kappa shape index (κ1) is 11.2. The molecule has 2 N–H and O–H groups in total. The maximum atomic E-state index is 3.93. The number of imidazole rings is 2. The predicted octanol–water partition coefficient (Wildman–Crippen LogP) is 0.543. The fraction of sp³-hybridized carbons (Fsp3) is 0. The van der Waals surface area contributed by atoms with Crippen molar-refractivity contribution in [1.82, 2.24) is 19.9 Å². The molecule has 0 aliphatic heterocycles. The summed E-state index contributed by atoms with van der Waals surface area (Å²) in [6, 6.07) is 0. The maximum Gasteiger partial charge on any atom is 0.183 e. The third kappa shape index (κ3) is 3.67. The number of rotatable bonds is 0. The van der Waals surface area contributed by atoms with Gasteiger partial charge in [-0.15, -0.1) is 0 Å². The zero-order valence-corrected chi connectivity index (χ0v) is 9.20. The van der Waals surface area contributed by atoms with Crippen LogP contribution in [0.3, 0.4) is 0 Å². The van der Waals surface area contributed by atoms with Gasteiger partial charge in [0.25, 0.3) is 0 Å². The quantitative estimate of drug-likeness (QED) is 0.649. The van der Waals surface area contributed by atoms with Gasteiger partial charge in [0.15, 0.2) is 11.6 Å². The van der Waals surface area contributed by atoms with Gasteiger partial charge in [-0.25, -0.2) is 9.97 Å². The van der Waals surface area contributed by atoms with Crippen LogP contribution >= 0.6 is 0 Å². The van der Waals surface area contributed by atoms with Crippen LogP contribution in [0.15, 0.2) is 24.8 Å². The third-order valence-corrected chi connectivity index (χ3v) is 1.67. The second-order valence-electron chi connectivity index (χ2n) is 2.88. The van der Waals surface area contributed by atoms with Crippen molar-refractivity contribution in [3.63, 3.8) is 0 Å². The SMILES string of the molecule is C(C#CC#Cc1ncc[nH]1)#CC#Cc1ncc[nH]1. The molecular formula is C14H6N4. The summed E-state index contributed by atoms with van der Waals surface area (Å²) >= 11 is 0. The van der Waals surface area contributed by atoms with Gasteiger partial charge in [0.2, 0.25) is 0 Å². The summed E-state index contributed by atoms with van der Waals surface area (Å²) in [5, 5.41) is 0. The Balaban J connectivity index is 1.89. The van der Waals surface area contributed by atoms with E-state index in [9.17, 15) is 0 Å². The van der Waals surface area contributed by atoms with Crippen molar-refractivity contribution in [1.29, 1.82) is 0 Å². The van der Waals surface area contributed by atoms with Crippen LogP contribution in [0.1, 0.15) is 11.6 Å². The molecule has 2 heterocycles. The van der Waals surface area contributed by atoms with Crippen LogP contribution in [-0.2, 0) is 0 Å². The smallest absolute Gasteiger partial charge is 0.183 e. The highest BCUT2D eigenvalue weighted by Gasteiger charge is 1.82. The summed E-state index contributed by atoms with van der Waals surface area (Å²) < 4.78 is 0. The lowest BCUT2D eigenvalue weighted by molar-refractivity contribution is 1.25. The van der Waals surface area contributed by atoms with Gasteiger partial charge >= 0.3 is 0 Å². The minimum atomic E-state index is 0.579. The van der Waals surface area contributed by atoms with E-state index in [1.165, 1.54) is 0 Å². The molecule has 2 rings (SSSR count). The molecule has 82 valence electrons. The highest BCUT2D eigenvalue weighted by molar-refractivity contribution is 5.42. The van der Waals surface area contributed by atoms with Crippen molar-refractivity contribution < 1.29 is 0 Å². The highest BCUT2D eigenvalue weighted by atomic mass is 14.9. The van der Waals surface area contributed by atoms with Crippen LogP contribution in [-0.4, -0.2) is 19.9 Å². The van der Waals surface area contributed by atoms with E-state index in [1.54, 1.807) is 24.8 Å². The average Bonchev–Trinajstić information content (AvgIpc) is 3.05. The number of hydrogen-bond donors (Lipinski definition) is 2. The summed E-state index contributed by atoms with van der Waals surface area (Å²) in [5.74, 6) is 22.2. The van der Waals surface area contributed by atoms with Crippen LogP contribution in [0.4, 0.5) is 0 Å². The molecule has 0 amide bonds. The number of H-pyrrole nitrogens is 2. The maximum absolute atomic E-state index is 3.93. The van der Waals surface area contributed by atoms with Crippen LogP contribution in [0.2, 0.25) is 0 Å². The fourth-order valence-corrected chi connectivity index (χ4v) is 0.973. The molecule has 0 aromatic carbocycles. The fourth-order valence-electron chi connectivity index (χ4n) is 0.973. The van der Waals surface area contributed by atoms with Gasteiger partial charge in [0, 0.05) is 24.8 Å². The summed E-state index contributed by atoms with van der Waals surface area (Å²) in [6.45, 7) is 0. The Morgan fingerprint density at radius 2 is 1.11 bits per heavy atom. The van der Waals surface area contributed by atoms with Gasteiger partial charge in [-0.1, -0.05) is 0 Å². The summed E-state index contributed by atoms with van der Waals surface area (Å²) in [4.78, 5) is 13.5. The Morgan fingerprint density at radius 3 is 1.50 bits per heavy atom. The first-order chi connectivity index (χ1) is 8.95. The van der Waals surface area contributed by atoms with E-state index in [1.807, 2.05) is 0 Å². The van der Waals surface area contributed by atoms with E-state index < -0.39 is 0 Å². The molecule has 0 aliphatic rings. The Bertz CT molecular complexity index is 669. The molecule has 0 saturated carbocycles. The lowest BCUT2D eigenvalue weighted by atomic mass is 10.5. The van der Waals surface area contributed by atoms with E-state index in [4.69, 9.17) is 0 Å². The molecule has 0 atom stereocenters. The van der Waals surface area contributed by atoms with E-state index in [0.29, 0.717) is 11.6 Å². The number of nitrogens with one attached hydrogen (secondary N) is 2. The largest absolute Gasteiger partial charge is 0.338 e. The average molecular weight is 230 g/mol. The zero-order chi connectivity index (χ0) is 12.5. The number of nitrogens with zero attached hydrogens (tertiary/aromatic N) is 2. The van der Waals surface area contributed by atoms with Crippen LogP contribution < -0.4 is 0 Å².